The van der Waals surface area contributed by atoms with Gasteiger partial charge in [0.25, 0.3) is 0 Å². The van der Waals surface area contributed by atoms with Gasteiger partial charge in [0.1, 0.15) is 6.10 Å². The van der Waals surface area contributed by atoms with E-state index in [0.717, 1.165) is 25.9 Å². The van der Waals surface area contributed by atoms with Crippen molar-refractivity contribution in [2.45, 2.75) is 32.0 Å². The van der Waals surface area contributed by atoms with Crippen LogP contribution >= 0.6 is 0 Å². The van der Waals surface area contributed by atoms with E-state index >= 15 is 0 Å². The van der Waals surface area contributed by atoms with Crippen LogP contribution in [0.4, 0.5) is 0 Å². The number of rotatable bonds is 5. The molecule has 96 valence electrons. The molecule has 1 aliphatic heterocycles. The Balaban J connectivity index is 1.86. The van der Waals surface area contributed by atoms with Crippen molar-refractivity contribution in [2.24, 2.45) is 0 Å². The predicted molar refractivity (Wildman–Crippen MR) is 60.7 cm³/mol. The summed E-state index contributed by atoms with van der Waals surface area (Å²) in [6, 6.07) is 0. The molecule has 1 aromatic heterocycles. The van der Waals surface area contributed by atoms with Crippen molar-refractivity contribution in [1.29, 1.82) is 0 Å². The first-order valence-electron chi connectivity index (χ1n) is 5.97. The van der Waals surface area contributed by atoms with Crippen molar-refractivity contribution >= 4 is 0 Å². The standard InChI is InChI=1S/C11H19N3O3/c1-8(15-2)3-4-10-13-11(14-17-10)9-7-12-5-6-16-9/h8-9,12H,3-7H2,1-2H3. The molecule has 2 atom stereocenters. The summed E-state index contributed by atoms with van der Waals surface area (Å²) in [5, 5.41) is 7.19. The minimum absolute atomic E-state index is 0.0823. The maximum atomic E-state index is 5.55. The Morgan fingerprint density at radius 3 is 3.18 bits per heavy atom. The topological polar surface area (TPSA) is 69.4 Å². The summed E-state index contributed by atoms with van der Waals surface area (Å²) in [5.74, 6) is 1.29. The molecule has 6 heteroatoms. The fourth-order valence-corrected chi connectivity index (χ4v) is 1.68. The summed E-state index contributed by atoms with van der Waals surface area (Å²) in [6.07, 6.45) is 1.74. The molecule has 2 rings (SSSR count). The van der Waals surface area contributed by atoms with Crippen LogP contribution in [0, 0.1) is 0 Å². The molecule has 0 radical (unpaired) electrons. The highest BCUT2D eigenvalue weighted by Crippen LogP contribution is 2.16. The van der Waals surface area contributed by atoms with Crippen molar-refractivity contribution in [3.05, 3.63) is 11.7 Å². The fraction of sp³-hybridized carbons (Fsp3) is 0.818. The van der Waals surface area contributed by atoms with Gasteiger partial charge in [-0.05, 0) is 13.3 Å². The molecular formula is C11H19N3O3. The fourth-order valence-electron chi connectivity index (χ4n) is 1.68. The Labute approximate surface area is 101 Å². The molecule has 0 amide bonds. The maximum absolute atomic E-state index is 5.55. The van der Waals surface area contributed by atoms with Gasteiger partial charge in [0.2, 0.25) is 11.7 Å². The maximum Gasteiger partial charge on any atom is 0.226 e. The molecule has 2 heterocycles. The van der Waals surface area contributed by atoms with E-state index in [9.17, 15) is 0 Å². The van der Waals surface area contributed by atoms with E-state index in [4.69, 9.17) is 14.0 Å². The first kappa shape index (κ1) is 12.5. The average Bonchev–Trinajstić information content (AvgIpc) is 2.86. The third-order valence-corrected chi connectivity index (χ3v) is 2.87. The highest BCUT2D eigenvalue weighted by Gasteiger charge is 2.21. The molecule has 1 fully saturated rings. The van der Waals surface area contributed by atoms with Crippen molar-refractivity contribution in [3.8, 4) is 0 Å². The third-order valence-electron chi connectivity index (χ3n) is 2.87. The molecule has 6 nitrogen and oxygen atoms in total. The number of hydrogen-bond donors (Lipinski definition) is 1. The predicted octanol–water partition coefficient (Wildman–Crippen LogP) is 0.698. The SMILES string of the molecule is COC(C)CCc1nc(C2CNCCO2)no1. The van der Waals surface area contributed by atoms with Crippen LogP contribution in [0.25, 0.3) is 0 Å². The van der Waals surface area contributed by atoms with E-state index in [1.807, 2.05) is 6.92 Å². The zero-order valence-corrected chi connectivity index (χ0v) is 10.3. The lowest BCUT2D eigenvalue weighted by Gasteiger charge is -2.20. The van der Waals surface area contributed by atoms with Crippen LogP contribution in [0.1, 0.15) is 31.2 Å². The number of aryl methyl sites for hydroxylation is 1. The Hall–Kier alpha value is -0.980. The summed E-state index contributed by atoms with van der Waals surface area (Å²) in [4.78, 5) is 4.34. The number of nitrogens with zero attached hydrogens (tertiary/aromatic N) is 2. The number of ether oxygens (including phenoxy) is 2. The number of morpholine rings is 1. The zero-order valence-electron chi connectivity index (χ0n) is 10.3. The van der Waals surface area contributed by atoms with Crippen molar-refractivity contribution in [2.75, 3.05) is 26.8 Å². The van der Waals surface area contributed by atoms with E-state index < -0.39 is 0 Å². The second kappa shape index (κ2) is 6.09. The lowest BCUT2D eigenvalue weighted by molar-refractivity contribution is 0.0208. The van der Waals surface area contributed by atoms with E-state index in [2.05, 4.69) is 15.5 Å². The minimum atomic E-state index is -0.0823. The van der Waals surface area contributed by atoms with Crippen LogP contribution < -0.4 is 5.32 Å². The Morgan fingerprint density at radius 2 is 2.47 bits per heavy atom. The first-order valence-corrected chi connectivity index (χ1v) is 5.97. The van der Waals surface area contributed by atoms with Gasteiger partial charge in [0.15, 0.2) is 0 Å². The molecule has 0 aliphatic carbocycles. The van der Waals surface area contributed by atoms with E-state index in [1.165, 1.54) is 0 Å². The third kappa shape index (κ3) is 3.49. The van der Waals surface area contributed by atoms with E-state index in [0.29, 0.717) is 18.3 Å². The van der Waals surface area contributed by atoms with E-state index in [-0.39, 0.29) is 12.2 Å². The van der Waals surface area contributed by atoms with Gasteiger partial charge in [-0.3, -0.25) is 0 Å². The summed E-state index contributed by atoms with van der Waals surface area (Å²) in [5.41, 5.74) is 0. The number of nitrogens with one attached hydrogen (secondary N) is 1. The van der Waals surface area contributed by atoms with Crippen LogP contribution in [0.3, 0.4) is 0 Å². The summed E-state index contributed by atoms with van der Waals surface area (Å²) < 4.78 is 15.9. The monoisotopic (exact) mass is 241 g/mol. The molecule has 17 heavy (non-hydrogen) atoms. The molecule has 0 spiro atoms. The molecule has 1 aliphatic rings. The van der Waals surface area contributed by atoms with Gasteiger partial charge in [-0.2, -0.15) is 4.98 Å². The van der Waals surface area contributed by atoms with Crippen molar-refractivity contribution < 1.29 is 14.0 Å². The number of hydrogen-bond acceptors (Lipinski definition) is 6. The Morgan fingerprint density at radius 1 is 1.59 bits per heavy atom. The number of methoxy groups -OCH3 is 1. The van der Waals surface area contributed by atoms with Crippen LogP contribution in [0.15, 0.2) is 4.52 Å². The molecule has 0 aromatic carbocycles. The average molecular weight is 241 g/mol. The normalized spacial score (nSPS) is 22.6. The van der Waals surface area contributed by atoms with Gasteiger partial charge >= 0.3 is 0 Å². The summed E-state index contributed by atoms with van der Waals surface area (Å²) in [6.45, 7) is 4.33. The van der Waals surface area contributed by atoms with Crippen molar-refractivity contribution in [3.63, 3.8) is 0 Å². The Kier molecular flexibility index (Phi) is 4.47. The largest absolute Gasteiger partial charge is 0.382 e. The van der Waals surface area contributed by atoms with Crippen molar-refractivity contribution in [1.82, 2.24) is 15.5 Å². The highest BCUT2D eigenvalue weighted by molar-refractivity contribution is 4.93. The van der Waals surface area contributed by atoms with Gasteiger partial charge in [-0.1, -0.05) is 5.16 Å². The first-order chi connectivity index (χ1) is 8.29. The van der Waals surface area contributed by atoms with Crippen LogP contribution in [-0.2, 0) is 15.9 Å². The van der Waals surface area contributed by atoms with Gasteiger partial charge in [0.05, 0.1) is 12.7 Å². The molecular weight excluding hydrogens is 222 g/mol. The Bertz CT molecular complexity index is 336. The highest BCUT2D eigenvalue weighted by atomic mass is 16.5. The second-order valence-electron chi connectivity index (χ2n) is 4.19. The minimum Gasteiger partial charge on any atom is -0.382 e. The van der Waals surface area contributed by atoms with Crippen LogP contribution in [0.2, 0.25) is 0 Å². The van der Waals surface area contributed by atoms with Gasteiger partial charge in [-0.15, -0.1) is 0 Å². The van der Waals surface area contributed by atoms with Gasteiger partial charge in [0, 0.05) is 26.6 Å². The molecule has 1 N–H and O–H groups in total. The van der Waals surface area contributed by atoms with Gasteiger partial charge < -0.3 is 19.3 Å². The van der Waals surface area contributed by atoms with Crippen LogP contribution in [-0.4, -0.2) is 43.1 Å². The molecule has 1 saturated heterocycles. The summed E-state index contributed by atoms with van der Waals surface area (Å²) in [7, 11) is 1.70. The quantitative estimate of drug-likeness (QED) is 0.818. The molecule has 1 aromatic rings. The molecule has 0 saturated carbocycles. The zero-order chi connectivity index (χ0) is 12.1. The molecule has 0 bridgehead atoms. The van der Waals surface area contributed by atoms with E-state index in [1.54, 1.807) is 7.11 Å². The lowest BCUT2D eigenvalue weighted by Crippen LogP contribution is -2.33. The van der Waals surface area contributed by atoms with Crippen LogP contribution in [0.5, 0.6) is 0 Å². The molecule has 2 unspecified atom stereocenters. The number of aromatic nitrogens is 2. The smallest absolute Gasteiger partial charge is 0.226 e. The second-order valence-corrected chi connectivity index (χ2v) is 4.19. The summed E-state index contributed by atoms with van der Waals surface area (Å²) >= 11 is 0. The van der Waals surface area contributed by atoms with Gasteiger partial charge in [-0.25, -0.2) is 0 Å². The lowest BCUT2D eigenvalue weighted by atomic mass is 10.2.